The molecule has 0 bridgehead atoms. The number of hydrogen-bond donors (Lipinski definition) is 2. The molecule has 1 aromatic carbocycles. The normalized spacial score (nSPS) is 10.1. The van der Waals surface area contributed by atoms with Crippen molar-refractivity contribution in [2.45, 2.75) is 6.92 Å². The van der Waals surface area contributed by atoms with Crippen LogP contribution in [-0.4, -0.2) is 16.7 Å². The standard InChI is InChI=1S/C13H11IN2O2/c1-8(17)11-6-7-12(16-11)13(18)15-10-4-2-9(14)3-5-10/h2-7,16H,1H3,(H,15,18). The molecule has 2 rings (SSSR count). The van der Waals surface area contributed by atoms with Gasteiger partial charge < -0.3 is 10.3 Å². The Bertz CT molecular complexity index is 587. The molecule has 0 radical (unpaired) electrons. The fraction of sp³-hybridized carbons (Fsp3) is 0.0769. The van der Waals surface area contributed by atoms with Gasteiger partial charge in [0.05, 0.1) is 5.69 Å². The van der Waals surface area contributed by atoms with Gasteiger partial charge in [-0.05, 0) is 59.0 Å². The van der Waals surface area contributed by atoms with Crippen molar-refractivity contribution >= 4 is 40.0 Å². The topological polar surface area (TPSA) is 62.0 Å². The first kappa shape index (κ1) is 12.8. The second-order valence-corrected chi connectivity index (χ2v) is 5.05. The van der Waals surface area contributed by atoms with Crippen LogP contribution in [0.25, 0.3) is 0 Å². The molecule has 92 valence electrons. The van der Waals surface area contributed by atoms with Crippen LogP contribution in [0.15, 0.2) is 36.4 Å². The summed E-state index contributed by atoms with van der Waals surface area (Å²) in [4.78, 5) is 25.8. The number of nitrogens with one attached hydrogen (secondary N) is 2. The summed E-state index contributed by atoms with van der Waals surface area (Å²) in [5.74, 6) is -0.355. The summed E-state index contributed by atoms with van der Waals surface area (Å²) in [5.41, 5.74) is 1.53. The first-order chi connectivity index (χ1) is 8.56. The van der Waals surface area contributed by atoms with E-state index in [1.54, 1.807) is 12.1 Å². The maximum absolute atomic E-state index is 11.9. The van der Waals surface area contributed by atoms with Gasteiger partial charge in [-0.2, -0.15) is 0 Å². The molecular formula is C13H11IN2O2. The van der Waals surface area contributed by atoms with E-state index in [0.717, 1.165) is 9.26 Å². The highest BCUT2D eigenvalue weighted by atomic mass is 127. The largest absolute Gasteiger partial charge is 0.348 e. The lowest BCUT2D eigenvalue weighted by molar-refractivity contribution is 0.101. The van der Waals surface area contributed by atoms with Gasteiger partial charge in [-0.15, -0.1) is 0 Å². The Hall–Kier alpha value is -1.63. The lowest BCUT2D eigenvalue weighted by atomic mass is 10.3. The van der Waals surface area contributed by atoms with Crippen molar-refractivity contribution in [2.75, 3.05) is 5.32 Å². The molecule has 2 N–H and O–H groups in total. The summed E-state index contributed by atoms with van der Waals surface area (Å²) in [6, 6.07) is 10.7. The molecule has 0 saturated carbocycles. The predicted molar refractivity (Wildman–Crippen MR) is 77.9 cm³/mol. The summed E-state index contributed by atoms with van der Waals surface area (Å²) < 4.78 is 1.10. The number of amides is 1. The van der Waals surface area contributed by atoms with E-state index in [0.29, 0.717) is 11.4 Å². The first-order valence-electron chi connectivity index (χ1n) is 5.33. The number of aromatic nitrogens is 1. The number of benzene rings is 1. The van der Waals surface area contributed by atoms with Crippen molar-refractivity contribution in [1.82, 2.24) is 4.98 Å². The molecule has 18 heavy (non-hydrogen) atoms. The van der Waals surface area contributed by atoms with Gasteiger partial charge >= 0.3 is 0 Å². The highest BCUT2D eigenvalue weighted by molar-refractivity contribution is 14.1. The number of halogens is 1. The minimum absolute atomic E-state index is 0.0942. The molecule has 1 amide bonds. The van der Waals surface area contributed by atoms with Crippen LogP contribution in [-0.2, 0) is 0 Å². The average Bonchev–Trinajstić information content (AvgIpc) is 2.81. The second kappa shape index (κ2) is 5.34. The average molecular weight is 354 g/mol. The monoisotopic (exact) mass is 354 g/mol. The third-order valence-corrected chi connectivity index (χ3v) is 3.13. The Morgan fingerprint density at radius 2 is 1.67 bits per heavy atom. The molecular weight excluding hydrogens is 343 g/mol. The van der Waals surface area contributed by atoms with Crippen molar-refractivity contribution in [3.63, 3.8) is 0 Å². The number of carbonyl (C=O) groups is 2. The molecule has 2 aromatic rings. The van der Waals surface area contributed by atoms with Gasteiger partial charge in [-0.1, -0.05) is 0 Å². The van der Waals surface area contributed by atoms with E-state index in [4.69, 9.17) is 0 Å². The number of H-pyrrole nitrogens is 1. The third kappa shape index (κ3) is 2.98. The van der Waals surface area contributed by atoms with E-state index in [-0.39, 0.29) is 11.7 Å². The molecule has 1 aromatic heterocycles. The number of ketones is 1. The molecule has 0 aliphatic heterocycles. The predicted octanol–water partition coefficient (Wildman–Crippen LogP) is 3.07. The number of rotatable bonds is 3. The van der Waals surface area contributed by atoms with Gasteiger partial charge in [0.15, 0.2) is 5.78 Å². The van der Waals surface area contributed by atoms with Crippen LogP contribution in [0, 0.1) is 3.57 Å². The number of Topliss-reactive ketones (excluding diaryl/α,β-unsaturated/α-hetero) is 1. The Morgan fingerprint density at radius 1 is 1.06 bits per heavy atom. The number of carbonyl (C=O) groups excluding carboxylic acids is 2. The van der Waals surface area contributed by atoms with Gasteiger partial charge in [0.1, 0.15) is 5.69 Å². The Labute approximate surface area is 118 Å². The molecule has 0 atom stereocenters. The maximum Gasteiger partial charge on any atom is 0.272 e. The first-order valence-corrected chi connectivity index (χ1v) is 6.41. The highest BCUT2D eigenvalue weighted by Crippen LogP contribution is 2.12. The number of anilines is 1. The molecule has 0 saturated heterocycles. The minimum atomic E-state index is -0.260. The van der Waals surface area contributed by atoms with E-state index >= 15 is 0 Å². The zero-order valence-corrected chi connectivity index (χ0v) is 11.8. The lowest BCUT2D eigenvalue weighted by Crippen LogP contribution is -2.12. The molecule has 0 spiro atoms. The molecule has 4 nitrogen and oxygen atoms in total. The fourth-order valence-electron chi connectivity index (χ4n) is 1.46. The van der Waals surface area contributed by atoms with E-state index in [1.807, 2.05) is 24.3 Å². The third-order valence-electron chi connectivity index (χ3n) is 2.41. The molecule has 0 aliphatic rings. The quantitative estimate of drug-likeness (QED) is 0.657. The van der Waals surface area contributed by atoms with Gasteiger partial charge in [-0.25, -0.2) is 0 Å². The van der Waals surface area contributed by atoms with E-state index < -0.39 is 0 Å². The van der Waals surface area contributed by atoms with Crippen molar-refractivity contribution in [1.29, 1.82) is 0 Å². The molecule has 5 heteroatoms. The van der Waals surface area contributed by atoms with Crippen molar-refractivity contribution in [2.24, 2.45) is 0 Å². The summed E-state index contributed by atoms with van der Waals surface area (Å²) in [6.45, 7) is 1.45. The summed E-state index contributed by atoms with van der Waals surface area (Å²) in [7, 11) is 0. The zero-order chi connectivity index (χ0) is 13.1. The van der Waals surface area contributed by atoms with Crippen molar-refractivity contribution in [3.05, 3.63) is 51.4 Å². The smallest absolute Gasteiger partial charge is 0.272 e. The van der Waals surface area contributed by atoms with Gasteiger partial charge in [0, 0.05) is 16.2 Å². The Morgan fingerprint density at radius 3 is 2.22 bits per heavy atom. The minimum Gasteiger partial charge on any atom is -0.348 e. The molecule has 0 aliphatic carbocycles. The lowest BCUT2D eigenvalue weighted by Gasteiger charge is -2.03. The number of aromatic amines is 1. The molecule has 0 unspecified atom stereocenters. The summed E-state index contributed by atoms with van der Waals surface area (Å²) >= 11 is 2.20. The van der Waals surface area contributed by atoms with Crippen LogP contribution in [0.3, 0.4) is 0 Å². The van der Waals surface area contributed by atoms with E-state index in [9.17, 15) is 9.59 Å². The Balaban J connectivity index is 2.11. The van der Waals surface area contributed by atoms with E-state index in [2.05, 4.69) is 32.9 Å². The van der Waals surface area contributed by atoms with Crippen molar-refractivity contribution < 1.29 is 9.59 Å². The zero-order valence-electron chi connectivity index (χ0n) is 9.66. The van der Waals surface area contributed by atoms with E-state index in [1.165, 1.54) is 6.92 Å². The molecule has 1 heterocycles. The van der Waals surface area contributed by atoms with Gasteiger partial charge in [0.25, 0.3) is 5.91 Å². The van der Waals surface area contributed by atoms with Crippen molar-refractivity contribution in [3.8, 4) is 0 Å². The SMILES string of the molecule is CC(=O)c1ccc(C(=O)Nc2ccc(I)cc2)[nH]1. The van der Waals surface area contributed by atoms with Gasteiger partial charge in [-0.3, -0.25) is 9.59 Å². The van der Waals surface area contributed by atoms with Crippen LogP contribution < -0.4 is 5.32 Å². The van der Waals surface area contributed by atoms with Crippen LogP contribution in [0.4, 0.5) is 5.69 Å². The summed E-state index contributed by atoms with van der Waals surface area (Å²) in [6.07, 6.45) is 0. The fourth-order valence-corrected chi connectivity index (χ4v) is 1.82. The maximum atomic E-state index is 11.9. The van der Waals surface area contributed by atoms with Crippen LogP contribution in [0.2, 0.25) is 0 Å². The highest BCUT2D eigenvalue weighted by Gasteiger charge is 2.10. The Kier molecular flexibility index (Phi) is 3.81. The molecule has 0 fully saturated rings. The number of hydrogen-bond acceptors (Lipinski definition) is 2. The second-order valence-electron chi connectivity index (χ2n) is 3.80. The van der Waals surface area contributed by atoms with Crippen LogP contribution in [0.1, 0.15) is 27.9 Å². The summed E-state index contributed by atoms with van der Waals surface area (Å²) in [5, 5.41) is 2.75. The van der Waals surface area contributed by atoms with Crippen LogP contribution >= 0.6 is 22.6 Å². The van der Waals surface area contributed by atoms with Gasteiger partial charge in [0.2, 0.25) is 0 Å². The van der Waals surface area contributed by atoms with Crippen LogP contribution in [0.5, 0.6) is 0 Å².